The number of benzene rings is 1. The minimum atomic E-state index is -0.0767. The number of anilines is 2. The van der Waals surface area contributed by atoms with E-state index >= 15 is 0 Å². The highest BCUT2D eigenvalue weighted by Crippen LogP contribution is 2.21. The van der Waals surface area contributed by atoms with Crippen LogP contribution in [0.15, 0.2) is 42.6 Å². The lowest BCUT2D eigenvalue weighted by Crippen LogP contribution is -2.19. The van der Waals surface area contributed by atoms with E-state index in [0.717, 1.165) is 17.0 Å². The van der Waals surface area contributed by atoms with Crippen molar-refractivity contribution in [3.05, 3.63) is 48.2 Å². The number of methoxy groups -OCH3 is 1. The van der Waals surface area contributed by atoms with Gasteiger partial charge < -0.3 is 15.4 Å². The summed E-state index contributed by atoms with van der Waals surface area (Å²) < 4.78 is 5.13. The molecule has 1 aliphatic carbocycles. The average Bonchev–Trinajstić information content (AvgIpc) is 2.92. The first-order valence-electron chi connectivity index (χ1n) is 9.38. The molecule has 0 bridgehead atoms. The molecule has 1 aliphatic rings. The molecule has 0 saturated heterocycles. The number of pyridine rings is 1. The van der Waals surface area contributed by atoms with Crippen LogP contribution in [0.25, 0.3) is 0 Å². The van der Waals surface area contributed by atoms with Crippen molar-refractivity contribution in [1.82, 2.24) is 4.98 Å². The lowest BCUT2D eigenvalue weighted by atomic mass is 10.1. The normalized spacial score (nSPS) is 15.1. The Balaban J connectivity index is 1.50. The Bertz CT molecular complexity index is 690. The number of ether oxygens (including phenoxy) is 1. The second-order valence-electron chi connectivity index (χ2n) is 6.84. The van der Waals surface area contributed by atoms with Crippen LogP contribution in [0.5, 0.6) is 5.75 Å². The van der Waals surface area contributed by atoms with Crippen LogP contribution in [-0.4, -0.2) is 24.0 Å². The van der Waals surface area contributed by atoms with E-state index in [4.69, 9.17) is 4.74 Å². The number of rotatable bonds is 6. The molecule has 1 aromatic carbocycles. The highest BCUT2D eigenvalue weighted by molar-refractivity contribution is 5.91. The molecular formula is C21H27N3O2. The molecule has 2 N–H and O–H groups in total. The monoisotopic (exact) mass is 353 g/mol. The van der Waals surface area contributed by atoms with Gasteiger partial charge in [0.25, 0.3) is 0 Å². The number of aromatic nitrogens is 1. The summed E-state index contributed by atoms with van der Waals surface area (Å²) in [5.74, 6) is 1.29. The Hall–Kier alpha value is -2.56. The minimum absolute atomic E-state index is 0.0767. The molecule has 0 radical (unpaired) electrons. The summed E-state index contributed by atoms with van der Waals surface area (Å²) in [6.07, 6.45) is 9.84. The summed E-state index contributed by atoms with van der Waals surface area (Å²) in [6.45, 7) is 0. The molecule has 1 amide bonds. The Labute approximate surface area is 155 Å². The minimum Gasteiger partial charge on any atom is -0.497 e. The van der Waals surface area contributed by atoms with Crippen molar-refractivity contribution in [3.63, 3.8) is 0 Å². The lowest BCUT2D eigenvalue weighted by Gasteiger charge is -2.17. The molecule has 5 nitrogen and oxygen atoms in total. The standard InChI is InChI=1S/C21H27N3O2/c1-26-19-11-8-16(9-12-19)14-21(25)24-20-13-10-18(15-22-20)23-17-6-4-2-3-5-7-17/h8-13,15,17,23H,2-7,14H2,1H3,(H,22,24,25). The van der Waals surface area contributed by atoms with Gasteiger partial charge >= 0.3 is 0 Å². The maximum absolute atomic E-state index is 12.2. The number of carbonyl (C=O) groups excluding carboxylic acids is 1. The summed E-state index contributed by atoms with van der Waals surface area (Å²) in [7, 11) is 1.63. The zero-order valence-corrected chi connectivity index (χ0v) is 15.3. The highest BCUT2D eigenvalue weighted by atomic mass is 16.5. The number of amides is 1. The first-order valence-corrected chi connectivity index (χ1v) is 9.38. The first-order chi connectivity index (χ1) is 12.7. The summed E-state index contributed by atoms with van der Waals surface area (Å²) >= 11 is 0. The molecule has 1 heterocycles. The highest BCUT2D eigenvalue weighted by Gasteiger charge is 2.12. The quantitative estimate of drug-likeness (QED) is 0.755. The van der Waals surface area contributed by atoms with Crippen LogP contribution in [-0.2, 0) is 11.2 Å². The molecule has 3 rings (SSSR count). The molecule has 0 spiro atoms. The van der Waals surface area contributed by atoms with Gasteiger partial charge in [-0.1, -0.05) is 37.8 Å². The van der Waals surface area contributed by atoms with Gasteiger partial charge in [-0.2, -0.15) is 0 Å². The Morgan fingerprint density at radius 1 is 1.08 bits per heavy atom. The van der Waals surface area contributed by atoms with Crippen molar-refractivity contribution in [2.75, 3.05) is 17.7 Å². The van der Waals surface area contributed by atoms with Gasteiger partial charge in [0.05, 0.1) is 25.4 Å². The molecule has 0 atom stereocenters. The van der Waals surface area contributed by atoms with Gasteiger partial charge in [-0.3, -0.25) is 4.79 Å². The fourth-order valence-corrected chi connectivity index (χ4v) is 3.33. The Kier molecular flexibility index (Phi) is 6.47. The van der Waals surface area contributed by atoms with Crippen molar-refractivity contribution in [2.45, 2.75) is 51.0 Å². The number of carbonyl (C=O) groups is 1. The molecule has 0 unspecified atom stereocenters. The van der Waals surface area contributed by atoms with Gasteiger partial charge in [0, 0.05) is 6.04 Å². The van der Waals surface area contributed by atoms with Gasteiger partial charge in [-0.15, -0.1) is 0 Å². The smallest absolute Gasteiger partial charge is 0.229 e. The molecule has 2 aromatic rings. The van der Waals surface area contributed by atoms with E-state index in [1.165, 1.54) is 38.5 Å². The van der Waals surface area contributed by atoms with Crippen LogP contribution >= 0.6 is 0 Å². The summed E-state index contributed by atoms with van der Waals surface area (Å²) in [6, 6.07) is 11.9. The largest absolute Gasteiger partial charge is 0.497 e. The SMILES string of the molecule is COc1ccc(CC(=O)Nc2ccc(NC3CCCCCC3)cn2)cc1. The Morgan fingerprint density at radius 2 is 1.81 bits per heavy atom. The summed E-state index contributed by atoms with van der Waals surface area (Å²) in [4.78, 5) is 16.5. The lowest BCUT2D eigenvalue weighted by molar-refractivity contribution is -0.115. The number of nitrogens with zero attached hydrogens (tertiary/aromatic N) is 1. The van der Waals surface area contributed by atoms with Crippen LogP contribution in [0.1, 0.15) is 44.1 Å². The van der Waals surface area contributed by atoms with Crippen LogP contribution in [0.3, 0.4) is 0 Å². The molecule has 1 saturated carbocycles. The van der Waals surface area contributed by atoms with E-state index in [1.54, 1.807) is 13.3 Å². The van der Waals surface area contributed by atoms with Crippen molar-refractivity contribution in [3.8, 4) is 5.75 Å². The van der Waals surface area contributed by atoms with Gasteiger partial charge in [0.2, 0.25) is 5.91 Å². The number of hydrogen-bond acceptors (Lipinski definition) is 4. The van der Waals surface area contributed by atoms with Crippen molar-refractivity contribution >= 4 is 17.4 Å². The van der Waals surface area contributed by atoms with Crippen LogP contribution < -0.4 is 15.4 Å². The maximum Gasteiger partial charge on any atom is 0.229 e. The van der Waals surface area contributed by atoms with Gasteiger partial charge in [0.1, 0.15) is 11.6 Å². The zero-order valence-electron chi connectivity index (χ0n) is 15.3. The van der Waals surface area contributed by atoms with E-state index in [1.807, 2.05) is 36.4 Å². The van der Waals surface area contributed by atoms with Gasteiger partial charge in [0.15, 0.2) is 0 Å². The van der Waals surface area contributed by atoms with E-state index in [-0.39, 0.29) is 5.91 Å². The third-order valence-corrected chi connectivity index (χ3v) is 4.78. The third kappa shape index (κ3) is 5.48. The zero-order chi connectivity index (χ0) is 18.2. The predicted octanol–water partition coefficient (Wildman–Crippen LogP) is 4.41. The predicted molar refractivity (Wildman–Crippen MR) is 105 cm³/mol. The van der Waals surface area contributed by atoms with Gasteiger partial charge in [-0.05, 0) is 42.7 Å². The van der Waals surface area contributed by atoms with E-state index in [9.17, 15) is 4.79 Å². The number of nitrogens with one attached hydrogen (secondary N) is 2. The van der Waals surface area contributed by atoms with Gasteiger partial charge in [-0.25, -0.2) is 4.98 Å². The fraction of sp³-hybridized carbons (Fsp3) is 0.429. The van der Waals surface area contributed by atoms with Crippen molar-refractivity contribution in [1.29, 1.82) is 0 Å². The molecule has 5 heteroatoms. The van der Waals surface area contributed by atoms with E-state index in [2.05, 4.69) is 15.6 Å². The topological polar surface area (TPSA) is 63.2 Å². The summed E-state index contributed by atoms with van der Waals surface area (Å²) in [5.41, 5.74) is 1.96. The molecule has 0 aliphatic heterocycles. The average molecular weight is 353 g/mol. The van der Waals surface area contributed by atoms with Crippen molar-refractivity contribution in [2.24, 2.45) is 0 Å². The van der Waals surface area contributed by atoms with Crippen molar-refractivity contribution < 1.29 is 9.53 Å². The van der Waals surface area contributed by atoms with Crippen LogP contribution in [0.4, 0.5) is 11.5 Å². The van der Waals surface area contributed by atoms with Crippen LogP contribution in [0.2, 0.25) is 0 Å². The van der Waals surface area contributed by atoms with Crippen LogP contribution in [0, 0.1) is 0 Å². The molecule has 1 aromatic heterocycles. The van der Waals surface area contributed by atoms with E-state index in [0.29, 0.717) is 18.3 Å². The summed E-state index contributed by atoms with van der Waals surface area (Å²) in [5, 5.41) is 6.42. The van der Waals surface area contributed by atoms with E-state index < -0.39 is 0 Å². The maximum atomic E-state index is 12.2. The fourth-order valence-electron chi connectivity index (χ4n) is 3.33. The molecule has 1 fully saturated rings. The molecule has 138 valence electrons. The molecular weight excluding hydrogens is 326 g/mol. The first kappa shape index (κ1) is 18.2. The molecule has 26 heavy (non-hydrogen) atoms. The second kappa shape index (κ2) is 9.22. The second-order valence-corrected chi connectivity index (χ2v) is 6.84. The third-order valence-electron chi connectivity index (χ3n) is 4.78. The number of hydrogen-bond donors (Lipinski definition) is 2. The Morgan fingerprint density at radius 3 is 2.42 bits per heavy atom.